The van der Waals surface area contributed by atoms with Gasteiger partial charge in [-0.05, 0) is 18.2 Å². The molecule has 0 heterocycles. The standard InChI is InChI=1S/C11H18N2O9S2/c1-20-11-3-2-9(12)8-10(11)13(4-6-21-23(14,15)16)5-7-22-24(17,18)19/h2-3,8H,4-7,12H2,1H3,(H,14,15,16)(H,17,18,19). The van der Waals surface area contributed by atoms with E-state index in [1.807, 2.05) is 0 Å². The summed E-state index contributed by atoms with van der Waals surface area (Å²) in [5.41, 5.74) is 6.49. The maximum absolute atomic E-state index is 10.6. The molecule has 0 aromatic heterocycles. The number of methoxy groups -OCH3 is 1. The molecule has 4 N–H and O–H groups in total. The molecule has 0 unspecified atom stereocenters. The fraction of sp³-hybridized carbons (Fsp3) is 0.455. The van der Waals surface area contributed by atoms with Gasteiger partial charge in [0.05, 0.1) is 26.0 Å². The number of ether oxygens (including phenoxy) is 1. The van der Waals surface area contributed by atoms with Crippen LogP contribution >= 0.6 is 0 Å². The van der Waals surface area contributed by atoms with E-state index in [2.05, 4.69) is 8.37 Å². The molecule has 0 radical (unpaired) electrons. The van der Waals surface area contributed by atoms with Crippen molar-refractivity contribution in [3.63, 3.8) is 0 Å². The minimum Gasteiger partial charge on any atom is -0.495 e. The number of anilines is 2. The Balaban J connectivity index is 2.93. The Morgan fingerprint density at radius 3 is 1.96 bits per heavy atom. The predicted octanol–water partition coefficient (Wildman–Crippen LogP) is -0.277. The van der Waals surface area contributed by atoms with E-state index in [4.69, 9.17) is 19.6 Å². The first-order valence-corrected chi connectivity index (χ1v) is 9.17. The average Bonchev–Trinajstić information content (AvgIpc) is 2.43. The molecule has 0 fully saturated rings. The third kappa shape index (κ3) is 7.76. The average molecular weight is 386 g/mol. The summed E-state index contributed by atoms with van der Waals surface area (Å²) in [6.07, 6.45) is 0. The highest BCUT2D eigenvalue weighted by Gasteiger charge is 2.16. The van der Waals surface area contributed by atoms with Crippen molar-refractivity contribution < 1.29 is 39.0 Å². The lowest BCUT2D eigenvalue weighted by Crippen LogP contribution is -2.32. The topological polar surface area (TPSA) is 166 Å². The summed E-state index contributed by atoms with van der Waals surface area (Å²) in [6.45, 7) is -1.01. The van der Waals surface area contributed by atoms with E-state index in [-0.39, 0.29) is 13.1 Å². The van der Waals surface area contributed by atoms with Gasteiger partial charge in [-0.1, -0.05) is 0 Å². The molecule has 1 aromatic rings. The summed E-state index contributed by atoms with van der Waals surface area (Å²) in [6, 6.07) is 4.65. The van der Waals surface area contributed by atoms with Gasteiger partial charge in [0.2, 0.25) is 0 Å². The molecule has 0 saturated heterocycles. The molecule has 11 nitrogen and oxygen atoms in total. The smallest absolute Gasteiger partial charge is 0.397 e. The first-order valence-electron chi connectivity index (χ1n) is 6.44. The lowest BCUT2D eigenvalue weighted by atomic mass is 10.2. The Labute approximate surface area is 139 Å². The summed E-state index contributed by atoms with van der Waals surface area (Å²) in [5, 5.41) is 0. The summed E-state index contributed by atoms with van der Waals surface area (Å²) >= 11 is 0. The normalized spacial score (nSPS) is 12.1. The van der Waals surface area contributed by atoms with Crippen molar-refractivity contribution in [1.82, 2.24) is 0 Å². The molecule has 0 bridgehead atoms. The zero-order valence-electron chi connectivity index (χ0n) is 12.7. The third-order valence-corrected chi connectivity index (χ3v) is 3.66. The molecule has 24 heavy (non-hydrogen) atoms. The molecule has 1 aromatic carbocycles. The fourth-order valence-corrected chi connectivity index (χ4v) is 2.38. The van der Waals surface area contributed by atoms with Gasteiger partial charge < -0.3 is 15.4 Å². The molecule has 0 atom stereocenters. The molecular weight excluding hydrogens is 368 g/mol. The van der Waals surface area contributed by atoms with Gasteiger partial charge in [0, 0.05) is 18.8 Å². The Morgan fingerprint density at radius 1 is 1.04 bits per heavy atom. The van der Waals surface area contributed by atoms with Crippen LogP contribution in [0.3, 0.4) is 0 Å². The number of nitrogens with zero attached hydrogens (tertiary/aromatic N) is 1. The van der Waals surface area contributed by atoms with Gasteiger partial charge in [-0.15, -0.1) is 0 Å². The first kappa shape index (κ1) is 20.4. The first-order chi connectivity index (χ1) is 11.0. The highest BCUT2D eigenvalue weighted by atomic mass is 32.3. The van der Waals surface area contributed by atoms with Gasteiger partial charge in [0.1, 0.15) is 5.75 Å². The maximum atomic E-state index is 10.6. The zero-order valence-corrected chi connectivity index (χ0v) is 14.3. The number of hydrogen-bond donors (Lipinski definition) is 3. The van der Waals surface area contributed by atoms with Crippen LogP contribution in [0.1, 0.15) is 0 Å². The second-order valence-corrected chi connectivity index (χ2v) is 6.60. The lowest BCUT2D eigenvalue weighted by Gasteiger charge is -2.26. The van der Waals surface area contributed by atoms with Crippen molar-refractivity contribution in [3.05, 3.63) is 18.2 Å². The van der Waals surface area contributed by atoms with E-state index in [1.165, 1.54) is 18.1 Å². The maximum Gasteiger partial charge on any atom is 0.397 e. The van der Waals surface area contributed by atoms with E-state index in [0.717, 1.165) is 0 Å². The highest BCUT2D eigenvalue weighted by Crippen LogP contribution is 2.30. The predicted molar refractivity (Wildman–Crippen MR) is 84.6 cm³/mol. The monoisotopic (exact) mass is 386 g/mol. The summed E-state index contributed by atoms with van der Waals surface area (Å²) in [4.78, 5) is 1.45. The molecule has 0 aliphatic heterocycles. The van der Waals surface area contributed by atoms with Crippen LogP contribution in [-0.4, -0.2) is 59.4 Å². The van der Waals surface area contributed by atoms with Gasteiger partial charge in [-0.2, -0.15) is 16.8 Å². The molecule has 0 spiro atoms. The molecule has 1 rings (SSSR count). The number of benzene rings is 1. The quantitative estimate of drug-likeness (QED) is 0.357. The van der Waals surface area contributed by atoms with Gasteiger partial charge in [-0.25, -0.2) is 8.37 Å². The molecule has 0 aliphatic carbocycles. The van der Waals surface area contributed by atoms with Crippen LogP contribution in [0.2, 0.25) is 0 Å². The van der Waals surface area contributed by atoms with Crippen LogP contribution in [0.15, 0.2) is 18.2 Å². The van der Waals surface area contributed by atoms with Crippen LogP contribution in [0, 0.1) is 0 Å². The van der Waals surface area contributed by atoms with Crippen LogP contribution in [-0.2, 0) is 29.2 Å². The van der Waals surface area contributed by atoms with Crippen molar-refractivity contribution in [2.45, 2.75) is 0 Å². The van der Waals surface area contributed by atoms with Crippen molar-refractivity contribution in [1.29, 1.82) is 0 Å². The van der Waals surface area contributed by atoms with Crippen molar-refractivity contribution >= 4 is 32.2 Å². The van der Waals surface area contributed by atoms with E-state index in [0.29, 0.717) is 17.1 Å². The van der Waals surface area contributed by atoms with E-state index in [9.17, 15) is 16.8 Å². The molecule has 0 amide bonds. The molecule has 0 aliphatic rings. The minimum absolute atomic E-state index is 0.0750. The number of nitrogens with two attached hydrogens (primary N) is 1. The molecule has 138 valence electrons. The van der Waals surface area contributed by atoms with E-state index >= 15 is 0 Å². The second kappa shape index (κ2) is 8.46. The van der Waals surface area contributed by atoms with Crippen LogP contribution in [0.5, 0.6) is 5.75 Å². The zero-order chi connectivity index (χ0) is 18.4. The molecular formula is C11H18N2O9S2. The third-order valence-electron chi connectivity index (χ3n) is 2.73. The van der Waals surface area contributed by atoms with Gasteiger partial charge >= 0.3 is 20.8 Å². The fourth-order valence-electron chi connectivity index (χ4n) is 1.81. The van der Waals surface area contributed by atoms with Gasteiger partial charge in [0.25, 0.3) is 0 Å². The van der Waals surface area contributed by atoms with E-state index < -0.39 is 34.0 Å². The summed E-state index contributed by atoms with van der Waals surface area (Å²) in [5.74, 6) is 0.378. The van der Waals surface area contributed by atoms with Crippen LogP contribution < -0.4 is 15.4 Å². The Bertz CT molecular complexity index is 711. The Kier molecular flexibility index (Phi) is 7.19. The molecule has 13 heteroatoms. The van der Waals surface area contributed by atoms with Crippen molar-refractivity contribution in [2.24, 2.45) is 0 Å². The Hall–Kier alpha value is -1.64. The lowest BCUT2D eigenvalue weighted by molar-refractivity contribution is 0.261. The number of hydrogen-bond acceptors (Lipinski definition) is 9. The van der Waals surface area contributed by atoms with Crippen molar-refractivity contribution in [3.8, 4) is 5.75 Å². The largest absolute Gasteiger partial charge is 0.495 e. The van der Waals surface area contributed by atoms with Gasteiger partial charge in [0.15, 0.2) is 0 Å². The van der Waals surface area contributed by atoms with Crippen LogP contribution in [0.4, 0.5) is 11.4 Å². The number of nitrogen functional groups attached to an aromatic ring is 1. The van der Waals surface area contributed by atoms with Crippen LogP contribution in [0.25, 0.3) is 0 Å². The van der Waals surface area contributed by atoms with E-state index in [1.54, 1.807) is 12.1 Å². The Morgan fingerprint density at radius 2 is 1.54 bits per heavy atom. The van der Waals surface area contributed by atoms with Crippen molar-refractivity contribution in [2.75, 3.05) is 44.0 Å². The SMILES string of the molecule is COc1ccc(N)cc1N(CCOS(=O)(=O)O)CCOS(=O)(=O)O. The second-order valence-electron chi connectivity index (χ2n) is 4.42. The highest BCUT2D eigenvalue weighted by molar-refractivity contribution is 7.81. The summed E-state index contributed by atoms with van der Waals surface area (Å²) in [7, 11) is -7.84. The minimum atomic E-state index is -4.62. The molecule has 0 saturated carbocycles. The van der Waals surface area contributed by atoms with Gasteiger partial charge in [-0.3, -0.25) is 9.11 Å². The number of rotatable bonds is 10. The summed E-state index contributed by atoms with van der Waals surface area (Å²) < 4.78 is 73.2.